The third-order valence-electron chi connectivity index (χ3n) is 2.36. The van der Waals surface area contributed by atoms with Gasteiger partial charge in [-0.05, 0) is 24.6 Å². The Morgan fingerprint density at radius 2 is 1.88 bits per heavy atom. The van der Waals surface area contributed by atoms with E-state index in [-0.39, 0.29) is 0 Å². The van der Waals surface area contributed by atoms with Gasteiger partial charge in [0.15, 0.2) is 5.60 Å². The molecule has 16 heavy (non-hydrogen) atoms. The molecule has 0 aliphatic rings. The molecule has 1 aromatic carbocycles. The van der Waals surface area contributed by atoms with Gasteiger partial charge in [-0.1, -0.05) is 12.1 Å². The minimum atomic E-state index is -1.75. The van der Waals surface area contributed by atoms with Crippen LogP contribution < -0.4 is 4.74 Å². The van der Waals surface area contributed by atoms with E-state index >= 15 is 0 Å². The van der Waals surface area contributed by atoms with E-state index < -0.39 is 11.5 Å². The number of methoxy groups -OCH3 is 1. The summed E-state index contributed by atoms with van der Waals surface area (Å²) in [6, 6.07) is 6.41. The number of aliphatic hydroxyl groups is 1. The number of likely N-dealkylation sites (N-methyl/N-ethyl adjacent to an activating group) is 1. The van der Waals surface area contributed by atoms with Crippen molar-refractivity contribution >= 4 is 5.91 Å². The molecule has 0 heterocycles. The average Bonchev–Trinajstić information content (AvgIpc) is 2.28. The molecule has 1 amide bonds. The van der Waals surface area contributed by atoms with Crippen LogP contribution >= 0.6 is 0 Å². The van der Waals surface area contributed by atoms with Crippen molar-refractivity contribution < 1.29 is 19.8 Å². The minimum absolute atomic E-state index is 0.365. The Labute approximate surface area is 93.8 Å². The highest BCUT2D eigenvalue weighted by Gasteiger charge is 2.34. The number of hydrogen-bond donors (Lipinski definition) is 2. The molecule has 0 saturated carbocycles. The molecule has 0 bridgehead atoms. The number of carbonyl (C=O) groups is 1. The summed E-state index contributed by atoms with van der Waals surface area (Å²) in [5.74, 6) is -0.165. The summed E-state index contributed by atoms with van der Waals surface area (Å²) in [7, 11) is 2.69. The van der Waals surface area contributed by atoms with Gasteiger partial charge >= 0.3 is 0 Å². The average molecular weight is 225 g/mol. The van der Waals surface area contributed by atoms with E-state index in [2.05, 4.69) is 0 Å². The number of hydroxylamine groups is 2. The van der Waals surface area contributed by atoms with Crippen LogP contribution in [-0.4, -0.2) is 35.4 Å². The van der Waals surface area contributed by atoms with Crippen molar-refractivity contribution in [3.63, 3.8) is 0 Å². The molecule has 0 spiro atoms. The first-order valence-electron chi connectivity index (χ1n) is 4.73. The summed E-state index contributed by atoms with van der Waals surface area (Å²) < 4.78 is 4.96. The van der Waals surface area contributed by atoms with Crippen molar-refractivity contribution in [2.45, 2.75) is 12.5 Å². The van der Waals surface area contributed by atoms with E-state index in [1.807, 2.05) is 0 Å². The van der Waals surface area contributed by atoms with Crippen molar-refractivity contribution in [1.29, 1.82) is 0 Å². The van der Waals surface area contributed by atoms with Crippen molar-refractivity contribution in [3.8, 4) is 5.75 Å². The van der Waals surface area contributed by atoms with Gasteiger partial charge in [0.1, 0.15) is 5.75 Å². The van der Waals surface area contributed by atoms with Gasteiger partial charge < -0.3 is 9.84 Å². The molecule has 0 fully saturated rings. The molecule has 1 unspecified atom stereocenters. The second-order valence-electron chi connectivity index (χ2n) is 3.63. The van der Waals surface area contributed by atoms with E-state index in [9.17, 15) is 9.90 Å². The molecule has 0 aromatic heterocycles. The number of nitrogens with zero attached hydrogens (tertiary/aromatic N) is 1. The topological polar surface area (TPSA) is 70.0 Å². The molecule has 0 aliphatic heterocycles. The first kappa shape index (κ1) is 12.5. The Bertz CT molecular complexity index is 370. The molecule has 2 N–H and O–H groups in total. The van der Waals surface area contributed by atoms with Crippen molar-refractivity contribution in [3.05, 3.63) is 29.8 Å². The van der Waals surface area contributed by atoms with Gasteiger partial charge in [0.05, 0.1) is 7.11 Å². The van der Waals surface area contributed by atoms with Crippen molar-refractivity contribution in [2.24, 2.45) is 0 Å². The third-order valence-corrected chi connectivity index (χ3v) is 2.36. The lowest BCUT2D eigenvalue weighted by atomic mass is 9.95. The Morgan fingerprint density at radius 1 is 1.38 bits per heavy atom. The van der Waals surface area contributed by atoms with E-state index in [1.165, 1.54) is 21.1 Å². The standard InChI is InChI=1S/C11H15NO4/c1-11(14,10(13)12(2)15)8-4-6-9(16-3)7-5-8/h4-7,14-15H,1-3H3. The van der Waals surface area contributed by atoms with Gasteiger partial charge in [-0.3, -0.25) is 10.0 Å². The molecule has 1 atom stereocenters. The highest BCUT2D eigenvalue weighted by atomic mass is 16.5. The Balaban J connectivity index is 3.02. The fourth-order valence-corrected chi connectivity index (χ4v) is 1.35. The smallest absolute Gasteiger partial charge is 0.281 e. The van der Waals surface area contributed by atoms with Crippen LogP contribution in [0.2, 0.25) is 0 Å². The summed E-state index contributed by atoms with van der Waals surface area (Å²) in [4.78, 5) is 11.5. The maximum Gasteiger partial charge on any atom is 0.281 e. The molecule has 0 radical (unpaired) electrons. The van der Waals surface area contributed by atoms with Gasteiger partial charge in [0, 0.05) is 7.05 Å². The summed E-state index contributed by atoms with van der Waals surface area (Å²) in [6.07, 6.45) is 0. The van der Waals surface area contributed by atoms with Crippen LogP contribution in [-0.2, 0) is 10.4 Å². The summed E-state index contributed by atoms with van der Waals surface area (Å²) in [6.45, 7) is 1.32. The summed E-state index contributed by atoms with van der Waals surface area (Å²) >= 11 is 0. The molecule has 0 aliphatic carbocycles. The summed E-state index contributed by atoms with van der Waals surface area (Å²) in [5.41, 5.74) is -1.37. The maximum atomic E-state index is 11.5. The van der Waals surface area contributed by atoms with Crippen LogP contribution in [0.1, 0.15) is 12.5 Å². The second kappa shape index (κ2) is 4.51. The fourth-order valence-electron chi connectivity index (χ4n) is 1.35. The highest BCUT2D eigenvalue weighted by molar-refractivity contribution is 5.84. The summed E-state index contributed by atoms with van der Waals surface area (Å²) in [5, 5.41) is 19.4. The van der Waals surface area contributed by atoms with E-state index in [0.717, 1.165) is 0 Å². The Kier molecular flexibility index (Phi) is 3.51. The van der Waals surface area contributed by atoms with Crippen molar-refractivity contribution in [1.82, 2.24) is 5.06 Å². The lowest BCUT2D eigenvalue weighted by molar-refractivity contribution is -0.179. The largest absolute Gasteiger partial charge is 0.497 e. The third kappa shape index (κ3) is 2.32. The van der Waals surface area contributed by atoms with E-state index in [4.69, 9.17) is 9.94 Å². The normalized spacial score (nSPS) is 14.1. The van der Waals surface area contributed by atoms with E-state index in [1.54, 1.807) is 24.3 Å². The molecule has 1 aromatic rings. The minimum Gasteiger partial charge on any atom is -0.497 e. The zero-order valence-electron chi connectivity index (χ0n) is 9.47. The predicted molar refractivity (Wildman–Crippen MR) is 57.1 cm³/mol. The lowest BCUT2D eigenvalue weighted by Crippen LogP contribution is -2.41. The molecule has 5 heteroatoms. The molecular weight excluding hydrogens is 210 g/mol. The predicted octanol–water partition coefficient (Wildman–Crippen LogP) is 0.750. The number of hydrogen-bond acceptors (Lipinski definition) is 4. The van der Waals surface area contributed by atoms with Gasteiger partial charge in [0.2, 0.25) is 0 Å². The van der Waals surface area contributed by atoms with Gasteiger partial charge in [-0.15, -0.1) is 0 Å². The quantitative estimate of drug-likeness (QED) is 0.588. The lowest BCUT2D eigenvalue weighted by Gasteiger charge is -2.24. The van der Waals surface area contributed by atoms with Gasteiger partial charge in [0.25, 0.3) is 5.91 Å². The SMILES string of the molecule is COc1ccc(C(C)(O)C(=O)N(C)O)cc1. The zero-order chi connectivity index (χ0) is 12.3. The number of ether oxygens (including phenoxy) is 1. The monoisotopic (exact) mass is 225 g/mol. The number of rotatable bonds is 3. The first-order valence-corrected chi connectivity index (χ1v) is 4.73. The number of benzene rings is 1. The Morgan fingerprint density at radius 3 is 2.25 bits per heavy atom. The second-order valence-corrected chi connectivity index (χ2v) is 3.63. The van der Waals surface area contributed by atoms with Crippen LogP contribution in [0, 0.1) is 0 Å². The first-order chi connectivity index (χ1) is 7.39. The number of carbonyl (C=O) groups excluding carboxylic acids is 1. The Hall–Kier alpha value is -1.59. The van der Waals surface area contributed by atoms with Gasteiger partial charge in [-0.2, -0.15) is 0 Å². The van der Waals surface area contributed by atoms with Crippen LogP contribution in [0.5, 0.6) is 5.75 Å². The van der Waals surface area contributed by atoms with E-state index in [0.29, 0.717) is 16.4 Å². The molecule has 0 saturated heterocycles. The molecule has 1 rings (SSSR count). The zero-order valence-corrected chi connectivity index (χ0v) is 9.47. The van der Waals surface area contributed by atoms with Gasteiger partial charge in [-0.25, -0.2) is 5.06 Å². The number of amides is 1. The highest BCUT2D eigenvalue weighted by Crippen LogP contribution is 2.24. The molecule has 5 nitrogen and oxygen atoms in total. The van der Waals surface area contributed by atoms with Crippen LogP contribution in [0.25, 0.3) is 0 Å². The molecular formula is C11H15NO4. The van der Waals surface area contributed by atoms with Crippen LogP contribution in [0.15, 0.2) is 24.3 Å². The van der Waals surface area contributed by atoms with Crippen LogP contribution in [0.3, 0.4) is 0 Å². The molecule has 88 valence electrons. The van der Waals surface area contributed by atoms with Crippen LogP contribution in [0.4, 0.5) is 0 Å². The van der Waals surface area contributed by atoms with Crippen molar-refractivity contribution in [2.75, 3.05) is 14.2 Å². The maximum absolute atomic E-state index is 11.5. The fraction of sp³-hybridized carbons (Fsp3) is 0.364.